The number of hydrogen-bond donors (Lipinski definition) is 0. The van der Waals surface area contributed by atoms with Gasteiger partial charge in [-0.05, 0) is 59.2 Å². The van der Waals surface area contributed by atoms with Crippen molar-refractivity contribution < 1.29 is 4.42 Å². The average Bonchev–Trinajstić information content (AvgIpc) is 3.83. The van der Waals surface area contributed by atoms with Gasteiger partial charge in [-0.1, -0.05) is 158 Å². The van der Waals surface area contributed by atoms with E-state index in [9.17, 15) is 0 Å². The summed E-state index contributed by atoms with van der Waals surface area (Å²) in [6, 6.07) is 70.2. The van der Waals surface area contributed by atoms with Crippen LogP contribution in [0.5, 0.6) is 0 Å². The molecule has 4 nitrogen and oxygen atoms in total. The van der Waals surface area contributed by atoms with E-state index in [0.717, 1.165) is 77.9 Å². The van der Waals surface area contributed by atoms with Crippen LogP contribution in [0.2, 0.25) is 0 Å². The van der Waals surface area contributed by atoms with Crippen LogP contribution in [0.25, 0.3) is 106 Å². The van der Waals surface area contributed by atoms with E-state index in [1.54, 1.807) is 0 Å². The SMILES string of the molecule is c1ccc(-c2ccc3c4cccc(-c5cc(-c6nc(-c7ccccc7)cc(-c7ccccc7)n6)cc6oc7ccccc7c56)c4n(-c4ccccc4)c3c2)cc1. The monoisotopic (exact) mass is 715 g/mol. The van der Waals surface area contributed by atoms with E-state index >= 15 is 0 Å². The molecule has 0 unspecified atom stereocenters. The van der Waals surface area contributed by atoms with E-state index in [-0.39, 0.29) is 0 Å². The Kier molecular flexibility index (Phi) is 7.46. The smallest absolute Gasteiger partial charge is 0.160 e. The Labute approximate surface area is 323 Å². The minimum atomic E-state index is 0.636. The number of hydrogen-bond acceptors (Lipinski definition) is 3. The molecule has 56 heavy (non-hydrogen) atoms. The topological polar surface area (TPSA) is 43.9 Å². The summed E-state index contributed by atoms with van der Waals surface area (Å²) in [6.45, 7) is 0. The molecule has 11 rings (SSSR count). The van der Waals surface area contributed by atoms with Crippen LogP contribution < -0.4 is 0 Å². The Hall–Kier alpha value is -7.56. The lowest BCUT2D eigenvalue weighted by Gasteiger charge is -2.14. The highest BCUT2D eigenvalue weighted by molar-refractivity contribution is 6.20. The first-order valence-corrected chi connectivity index (χ1v) is 18.9. The molecule has 0 atom stereocenters. The molecule has 3 heterocycles. The molecule has 0 aliphatic carbocycles. The fourth-order valence-electron chi connectivity index (χ4n) is 8.23. The van der Waals surface area contributed by atoms with Gasteiger partial charge in [0.15, 0.2) is 5.82 Å². The second kappa shape index (κ2) is 13.1. The first kappa shape index (κ1) is 31.9. The van der Waals surface area contributed by atoms with E-state index < -0.39 is 0 Å². The molecule has 0 fully saturated rings. The van der Waals surface area contributed by atoms with Crippen molar-refractivity contribution in [2.75, 3.05) is 0 Å². The Morgan fingerprint density at radius 1 is 0.375 bits per heavy atom. The van der Waals surface area contributed by atoms with Crippen LogP contribution in [-0.4, -0.2) is 14.5 Å². The van der Waals surface area contributed by atoms with Gasteiger partial charge in [0.25, 0.3) is 0 Å². The van der Waals surface area contributed by atoms with E-state index in [4.69, 9.17) is 14.4 Å². The number of nitrogens with zero attached hydrogens (tertiary/aromatic N) is 3. The summed E-state index contributed by atoms with van der Waals surface area (Å²) in [6.07, 6.45) is 0. The molecular formula is C52H33N3O. The molecule has 0 amide bonds. The number of fused-ring (bicyclic) bond motifs is 6. The third kappa shape index (κ3) is 5.31. The molecule has 0 aliphatic heterocycles. The maximum absolute atomic E-state index is 6.69. The summed E-state index contributed by atoms with van der Waals surface area (Å²) in [5.41, 5.74) is 14.2. The van der Waals surface area contributed by atoms with Gasteiger partial charge in [0.2, 0.25) is 0 Å². The first-order valence-electron chi connectivity index (χ1n) is 18.9. The van der Waals surface area contributed by atoms with Crippen molar-refractivity contribution in [3.63, 3.8) is 0 Å². The molecule has 11 aromatic rings. The van der Waals surface area contributed by atoms with Gasteiger partial charge < -0.3 is 8.98 Å². The molecule has 0 N–H and O–H groups in total. The zero-order valence-electron chi connectivity index (χ0n) is 30.3. The molecule has 0 aliphatic rings. The van der Waals surface area contributed by atoms with Crippen molar-refractivity contribution in [2.24, 2.45) is 0 Å². The fourth-order valence-corrected chi connectivity index (χ4v) is 8.23. The second-order valence-electron chi connectivity index (χ2n) is 14.2. The molecule has 262 valence electrons. The number of para-hydroxylation sites is 3. The van der Waals surface area contributed by atoms with Gasteiger partial charge >= 0.3 is 0 Å². The minimum Gasteiger partial charge on any atom is -0.456 e. The van der Waals surface area contributed by atoms with Crippen LogP contribution in [-0.2, 0) is 0 Å². The van der Waals surface area contributed by atoms with Crippen LogP contribution in [0.1, 0.15) is 0 Å². The van der Waals surface area contributed by atoms with Crippen molar-refractivity contribution in [1.82, 2.24) is 14.5 Å². The maximum atomic E-state index is 6.69. The highest BCUT2D eigenvalue weighted by Gasteiger charge is 2.22. The molecule has 0 radical (unpaired) electrons. The molecule has 3 aromatic heterocycles. The van der Waals surface area contributed by atoms with Crippen molar-refractivity contribution in [2.45, 2.75) is 0 Å². The summed E-state index contributed by atoms with van der Waals surface area (Å²) in [7, 11) is 0. The highest BCUT2D eigenvalue weighted by atomic mass is 16.3. The summed E-state index contributed by atoms with van der Waals surface area (Å²) in [4.78, 5) is 10.5. The van der Waals surface area contributed by atoms with Crippen LogP contribution >= 0.6 is 0 Å². The van der Waals surface area contributed by atoms with Gasteiger partial charge in [-0.15, -0.1) is 0 Å². The predicted molar refractivity (Wildman–Crippen MR) is 231 cm³/mol. The van der Waals surface area contributed by atoms with E-state index in [1.807, 2.05) is 48.5 Å². The number of benzene rings is 8. The second-order valence-corrected chi connectivity index (χ2v) is 14.2. The summed E-state index contributed by atoms with van der Waals surface area (Å²) in [5, 5.41) is 4.51. The largest absolute Gasteiger partial charge is 0.456 e. The van der Waals surface area contributed by atoms with Gasteiger partial charge in [0.05, 0.1) is 22.4 Å². The Balaban J connectivity index is 1.23. The standard InChI is InChI=1S/C52H33N3O/c1-5-16-34(17-6-1)37-28-29-40-41-25-15-26-42(51(41)55(47(40)31-37)39-22-11-4-12-23-39)44-30-38(32-49-50(44)43-24-13-14-27-48(43)56-49)52-53-45(35-18-7-2-8-19-35)33-46(54-52)36-20-9-3-10-21-36/h1-33H. The Bertz CT molecular complexity index is 3160. The first-order chi connectivity index (χ1) is 27.8. The van der Waals surface area contributed by atoms with E-state index in [1.165, 1.54) is 21.9 Å². The molecule has 0 spiro atoms. The number of furan rings is 1. The van der Waals surface area contributed by atoms with Gasteiger partial charge in [0.1, 0.15) is 11.2 Å². The fraction of sp³-hybridized carbons (Fsp3) is 0. The van der Waals surface area contributed by atoms with Crippen LogP contribution in [0.4, 0.5) is 0 Å². The summed E-state index contributed by atoms with van der Waals surface area (Å²) < 4.78 is 9.12. The Morgan fingerprint density at radius 3 is 1.68 bits per heavy atom. The van der Waals surface area contributed by atoms with Crippen molar-refractivity contribution >= 4 is 43.7 Å². The Morgan fingerprint density at radius 2 is 0.982 bits per heavy atom. The third-order valence-electron chi connectivity index (χ3n) is 10.8. The van der Waals surface area contributed by atoms with Crippen molar-refractivity contribution in [3.05, 3.63) is 200 Å². The summed E-state index contributed by atoms with van der Waals surface area (Å²) >= 11 is 0. The van der Waals surface area contributed by atoms with Crippen LogP contribution in [0.3, 0.4) is 0 Å². The van der Waals surface area contributed by atoms with Crippen molar-refractivity contribution in [3.8, 4) is 61.8 Å². The van der Waals surface area contributed by atoms with Gasteiger partial charge in [-0.2, -0.15) is 0 Å². The molecular weight excluding hydrogens is 683 g/mol. The van der Waals surface area contributed by atoms with E-state index in [0.29, 0.717) is 5.82 Å². The molecule has 8 aromatic carbocycles. The lowest BCUT2D eigenvalue weighted by atomic mass is 9.94. The molecule has 4 heteroatoms. The maximum Gasteiger partial charge on any atom is 0.160 e. The lowest BCUT2D eigenvalue weighted by molar-refractivity contribution is 0.669. The zero-order chi connectivity index (χ0) is 37.0. The predicted octanol–water partition coefficient (Wildman–Crippen LogP) is 13.8. The summed E-state index contributed by atoms with van der Waals surface area (Å²) in [5.74, 6) is 0.636. The minimum absolute atomic E-state index is 0.636. The molecule has 0 bridgehead atoms. The van der Waals surface area contributed by atoms with Gasteiger partial charge in [-0.25, -0.2) is 9.97 Å². The average molecular weight is 716 g/mol. The normalized spacial score (nSPS) is 11.6. The molecule has 0 saturated heterocycles. The quantitative estimate of drug-likeness (QED) is 0.172. The van der Waals surface area contributed by atoms with Crippen molar-refractivity contribution in [1.29, 1.82) is 0 Å². The highest BCUT2D eigenvalue weighted by Crippen LogP contribution is 2.45. The van der Waals surface area contributed by atoms with Crippen LogP contribution in [0, 0.1) is 0 Å². The van der Waals surface area contributed by atoms with Crippen LogP contribution in [0.15, 0.2) is 205 Å². The van der Waals surface area contributed by atoms with Gasteiger partial charge in [-0.3, -0.25) is 0 Å². The van der Waals surface area contributed by atoms with E-state index in [2.05, 4.69) is 156 Å². The lowest BCUT2D eigenvalue weighted by Crippen LogP contribution is -1.97. The molecule has 0 saturated carbocycles. The number of aromatic nitrogens is 3. The zero-order valence-corrected chi connectivity index (χ0v) is 30.3. The number of rotatable bonds is 6. The van der Waals surface area contributed by atoms with Gasteiger partial charge in [0, 0.05) is 49.5 Å². The third-order valence-corrected chi connectivity index (χ3v) is 10.8.